The summed E-state index contributed by atoms with van der Waals surface area (Å²) >= 11 is 2.77. The van der Waals surface area contributed by atoms with Crippen LogP contribution >= 0.6 is 22.7 Å². The molecule has 1 aromatic carbocycles. The number of rotatable bonds is 4. The lowest BCUT2D eigenvalue weighted by molar-refractivity contribution is -0.384. The third-order valence-corrected chi connectivity index (χ3v) is 5.56. The minimum absolute atomic E-state index is 0.119. The van der Waals surface area contributed by atoms with Crippen molar-refractivity contribution in [3.63, 3.8) is 0 Å². The average Bonchev–Trinajstić information content (AvgIpc) is 3.29. The zero-order valence-corrected chi connectivity index (χ0v) is 15.0. The molecule has 0 radical (unpaired) electrons. The van der Waals surface area contributed by atoms with Crippen molar-refractivity contribution in [2.45, 2.75) is 6.92 Å². The van der Waals surface area contributed by atoms with Crippen LogP contribution in [0.4, 0.5) is 5.69 Å². The van der Waals surface area contributed by atoms with Gasteiger partial charge in [-0.3, -0.25) is 30.6 Å². The van der Waals surface area contributed by atoms with Gasteiger partial charge in [0.1, 0.15) is 9.88 Å². The zero-order chi connectivity index (χ0) is 18.7. The van der Waals surface area contributed by atoms with E-state index in [4.69, 9.17) is 0 Å². The summed E-state index contributed by atoms with van der Waals surface area (Å²) < 4.78 is 0. The van der Waals surface area contributed by atoms with Crippen molar-refractivity contribution in [3.05, 3.63) is 68.0 Å². The standard InChI is InChI=1S/C16H12N4O4S2/c1-9-13(26-16(17-9)12-3-2-8-25-12)15(22)19-18-14(21)10-4-6-11(7-5-10)20(23)24/h2-8H,1H3,(H,18,21)(H,19,22). The lowest BCUT2D eigenvalue weighted by Crippen LogP contribution is -2.41. The molecule has 0 bridgehead atoms. The molecule has 0 aliphatic heterocycles. The van der Waals surface area contributed by atoms with E-state index in [1.54, 1.807) is 6.92 Å². The highest BCUT2D eigenvalue weighted by atomic mass is 32.1. The normalized spacial score (nSPS) is 10.3. The first kappa shape index (κ1) is 17.7. The smallest absolute Gasteiger partial charge is 0.267 e. The maximum Gasteiger partial charge on any atom is 0.281 e. The highest BCUT2D eigenvalue weighted by molar-refractivity contribution is 7.22. The number of amides is 2. The summed E-state index contributed by atoms with van der Waals surface area (Å²) in [5.41, 5.74) is 5.27. The van der Waals surface area contributed by atoms with Crippen molar-refractivity contribution in [2.75, 3.05) is 0 Å². The Labute approximate surface area is 155 Å². The molecule has 0 aliphatic carbocycles. The molecule has 0 fully saturated rings. The van der Waals surface area contributed by atoms with Crippen LogP contribution in [0.15, 0.2) is 41.8 Å². The first-order valence-electron chi connectivity index (χ1n) is 7.32. The van der Waals surface area contributed by atoms with Crippen molar-refractivity contribution in [3.8, 4) is 9.88 Å². The number of hydrazine groups is 1. The Balaban J connectivity index is 1.65. The molecule has 3 rings (SSSR count). The number of nitro benzene ring substituents is 1. The molecule has 10 heteroatoms. The van der Waals surface area contributed by atoms with Gasteiger partial charge in [-0.15, -0.1) is 22.7 Å². The summed E-state index contributed by atoms with van der Waals surface area (Å²) in [6.07, 6.45) is 0. The fourth-order valence-corrected chi connectivity index (χ4v) is 3.85. The van der Waals surface area contributed by atoms with Crippen LogP contribution in [0.25, 0.3) is 9.88 Å². The molecule has 8 nitrogen and oxygen atoms in total. The fourth-order valence-electron chi connectivity index (χ4n) is 2.09. The lowest BCUT2D eigenvalue weighted by atomic mass is 10.2. The highest BCUT2D eigenvalue weighted by Gasteiger charge is 2.17. The van der Waals surface area contributed by atoms with Crippen molar-refractivity contribution in [2.24, 2.45) is 0 Å². The van der Waals surface area contributed by atoms with Gasteiger partial charge in [0.25, 0.3) is 17.5 Å². The molecule has 2 amide bonds. The zero-order valence-electron chi connectivity index (χ0n) is 13.4. The quantitative estimate of drug-likeness (QED) is 0.526. The van der Waals surface area contributed by atoms with E-state index in [0.717, 1.165) is 9.88 Å². The number of benzene rings is 1. The minimum atomic E-state index is -0.575. The average molecular weight is 388 g/mol. The third kappa shape index (κ3) is 3.76. The number of hydrogen-bond acceptors (Lipinski definition) is 7. The topological polar surface area (TPSA) is 114 Å². The molecule has 0 unspecified atom stereocenters. The molecular weight excluding hydrogens is 376 g/mol. The molecule has 0 spiro atoms. The summed E-state index contributed by atoms with van der Waals surface area (Å²) in [4.78, 5) is 40.1. The van der Waals surface area contributed by atoms with Gasteiger partial charge in [0, 0.05) is 17.7 Å². The van der Waals surface area contributed by atoms with Gasteiger partial charge in [-0.2, -0.15) is 0 Å². The predicted molar refractivity (Wildman–Crippen MR) is 98.2 cm³/mol. The maximum absolute atomic E-state index is 12.3. The molecule has 2 aromatic heterocycles. The highest BCUT2D eigenvalue weighted by Crippen LogP contribution is 2.30. The van der Waals surface area contributed by atoms with Gasteiger partial charge >= 0.3 is 0 Å². The van der Waals surface area contributed by atoms with Crippen LogP contribution in [0.2, 0.25) is 0 Å². The molecule has 2 N–H and O–H groups in total. The van der Waals surface area contributed by atoms with Crippen LogP contribution in [0.1, 0.15) is 25.7 Å². The molecule has 2 heterocycles. The number of aromatic nitrogens is 1. The van der Waals surface area contributed by atoms with Gasteiger partial charge in [0.15, 0.2) is 0 Å². The van der Waals surface area contributed by atoms with Crippen molar-refractivity contribution in [1.82, 2.24) is 15.8 Å². The fraction of sp³-hybridized carbons (Fsp3) is 0.0625. The van der Waals surface area contributed by atoms with Crippen LogP contribution < -0.4 is 10.9 Å². The third-order valence-electron chi connectivity index (χ3n) is 3.36. The Morgan fingerprint density at radius 1 is 1.12 bits per heavy atom. The SMILES string of the molecule is Cc1nc(-c2cccs2)sc1C(=O)NNC(=O)c1ccc([N+](=O)[O-])cc1. The van der Waals surface area contributed by atoms with Crippen molar-refractivity contribution < 1.29 is 14.5 Å². The first-order chi connectivity index (χ1) is 12.5. The van der Waals surface area contributed by atoms with E-state index >= 15 is 0 Å². The van der Waals surface area contributed by atoms with Gasteiger partial charge in [0.2, 0.25) is 0 Å². The van der Waals surface area contributed by atoms with E-state index in [-0.39, 0.29) is 11.3 Å². The van der Waals surface area contributed by atoms with E-state index in [9.17, 15) is 19.7 Å². The van der Waals surface area contributed by atoms with E-state index in [1.165, 1.54) is 46.9 Å². The second-order valence-corrected chi connectivity index (χ2v) is 7.07. The van der Waals surface area contributed by atoms with Crippen LogP contribution in [0, 0.1) is 17.0 Å². The number of nitrogens with one attached hydrogen (secondary N) is 2. The first-order valence-corrected chi connectivity index (χ1v) is 9.02. The largest absolute Gasteiger partial charge is 0.281 e. The number of non-ortho nitro benzene ring substituents is 1. The molecule has 0 saturated heterocycles. The Morgan fingerprint density at radius 2 is 1.81 bits per heavy atom. The number of nitrogens with zero attached hydrogens (tertiary/aromatic N) is 2. The molecule has 0 saturated carbocycles. The van der Waals surface area contributed by atoms with Crippen molar-refractivity contribution >= 4 is 40.2 Å². The minimum Gasteiger partial charge on any atom is -0.267 e. The number of aryl methyl sites for hydroxylation is 1. The molecule has 0 aliphatic rings. The Bertz CT molecular complexity index is 965. The van der Waals surface area contributed by atoms with Crippen molar-refractivity contribution in [1.29, 1.82) is 0 Å². The summed E-state index contributed by atoms with van der Waals surface area (Å²) in [6.45, 7) is 1.72. The predicted octanol–water partition coefficient (Wildman–Crippen LogP) is 3.16. The van der Waals surface area contributed by atoms with Gasteiger partial charge in [-0.25, -0.2) is 4.98 Å². The molecule has 26 heavy (non-hydrogen) atoms. The second kappa shape index (κ2) is 7.42. The molecule has 3 aromatic rings. The summed E-state index contributed by atoms with van der Waals surface area (Å²) in [6, 6.07) is 8.88. The van der Waals surface area contributed by atoms with Gasteiger partial charge in [-0.05, 0) is 30.5 Å². The Hall–Kier alpha value is -3.11. The van der Waals surface area contributed by atoms with Gasteiger partial charge < -0.3 is 0 Å². The number of carbonyl (C=O) groups excluding carboxylic acids is 2. The van der Waals surface area contributed by atoms with Crippen LogP contribution in [0.3, 0.4) is 0 Å². The van der Waals surface area contributed by atoms with Crippen LogP contribution in [-0.4, -0.2) is 21.7 Å². The van der Waals surface area contributed by atoms with E-state index in [1.807, 2.05) is 17.5 Å². The number of carbonyl (C=O) groups is 2. The Kier molecular flexibility index (Phi) is 5.05. The summed E-state index contributed by atoms with van der Waals surface area (Å²) in [7, 11) is 0. The number of nitro groups is 1. The summed E-state index contributed by atoms with van der Waals surface area (Å²) in [5.74, 6) is -1.05. The van der Waals surface area contributed by atoms with E-state index < -0.39 is 16.7 Å². The van der Waals surface area contributed by atoms with Gasteiger partial charge in [-0.1, -0.05) is 6.07 Å². The van der Waals surface area contributed by atoms with Gasteiger partial charge in [0.05, 0.1) is 15.5 Å². The number of hydrogen-bond donors (Lipinski definition) is 2. The molecule has 132 valence electrons. The molecule has 0 atom stereocenters. The molecular formula is C16H12N4O4S2. The monoisotopic (exact) mass is 388 g/mol. The lowest BCUT2D eigenvalue weighted by Gasteiger charge is -2.06. The van der Waals surface area contributed by atoms with Crippen LogP contribution in [-0.2, 0) is 0 Å². The van der Waals surface area contributed by atoms with E-state index in [0.29, 0.717) is 10.6 Å². The number of thiophene rings is 1. The Morgan fingerprint density at radius 3 is 2.42 bits per heavy atom. The number of thiazole rings is 1. The maximum atomic E-state index is 12.3. The summed E-state index contributed by atoms with van der Waals surface area (Å²) in [5, 5.41) is 13.3. The second-order valence-electron chi connectivity index (χ2n) is 5.12. The van der Waals surface area contributed by atoms with Crippen LogP contribution in [0.5, 0.6) is 0 Å². The van der Waals surface area contributed by atoms with E-state index in [2.05, 4.69) is 15.8 Å².